The molecule has 1 aromatic carbocycles. The Morgan fingerprint density at radius 3 is 2.80 bits per heavy atom. The second kappa shape index (κ2) is 4.09. The Morgan fingerprint density at radius 2 is 2.13 bits per heavy atom. The van der Waals surface area contributed by atoms with Crippen molar-refractivity contribution in [3.05, 3.63) is 48.3 Å². The summed E-state index contributed by atoms with van der Waals surface area (Å²) in [6.07, 6.45) is 4.06. The number of nitrogens with zero attached hydrogens (tertiary/aromatic N) is 2. The van der Waals surface area contributed by atoms with Gasteiger partial charge in [-0.3, -0.25) is 4.79 Å². The second-order valence-electron chi connectivity index (χ2n) is 3.46. The minimum atomic E-state index is 0.162. The smallest absolute Gasteiger partial charge is 0.134 e. The highest BCUT2D eigenvalue weighted by Crippen LogP contribution is 2.13. The molecule has 2 rings (SSSR count). The normalized spacial score (nSPS) is 10.2. The van der Waals surface area contributed by atoms with Crippen LogP contribution in [0.5, 0.6) is 0 Å². The van der Waals surface area contributed by atoms with Crippen LogP contribution >= 0.6 is 0 Å². The van der Waals surface area contributed by atoms with Crippen molar-refractivity contribution in [2.24, 2.45) is 0 Å². The van der Waals surface area contributed by atoms with Crippen molar-refractivity contribution >= 4 is 5.78 Å². The van der Waals surface area contributed by atoms with Crippen LogP contribution < -0.4 is 0 Å². The van der Waals surface area contributed by atoms with Gasteiger partial charge in [-0.2, -0.15) is 5.10 Å². The summed E-state index contributed by atoms with van der Waals surface area (Å²) in [5.74, 6) is 0.162. The summed E-state index contributed by atoms with van der Waals surface area (Å²) in [5, 5.41) is 4.16. The number of ketones is 1. The maximum absolute atomic E-state index is 11.1. The van der Waals surface area contributed by atoms with Gasteiger partial charge in [-0.1, -0.05) is 18.2 Å². The fourth-order valence-corrected chi connectivity index (χ4v) is 1.56. The van der Waals surface area contributed by atoms with Crippen LogP contribution in [0.4, 0.5) is 0 Å². The van der Waals surface area contributed by atoms with Gasteiger partial charge in [0.2, 0.25) is 0 Å². The molecule has 0 spiro atoms. The molecule has 2 aromatic rings. The molecule has 0 bridgehead atoms. The topological polar surface area (TPSA) is 34.9 Å². The first kappa shape index (κ1) is 9.65. The molecule has 0 fully saturated rings. The highest BCUT2D eigenvalue weighted by Gasteiger charge is 2.05. The lowest BCUT2D eigenvalue weighted by molar-refractivity contribution is -0.116. The minimum absolute atomic E-state index is 0.162. The third-order valence-electron chi connectivity index (χ3n) is 2.18. The van der Waals surface area contributed by atoms with Gasteiger partial charge < -0.3 is 0 Å². The zero-order valence-electron chi connectivity index (χ0n) is 8.55. The molecule has 0 amide bonds. The summed E-state index contributed by atoms with van der Waals surface area (Å²) < 4.78 is 1.78. The van der Waals surface area contributed by atoms with Gasteiger partial charge in [-0.05, 0) is 24.6 Å². The summed E-state index contributed by atoms with van der Waals surface area (Å²) >= 11 is 0. The molecular weight excluding hydrogens is 188 g/mol. The number of hydrogen-bond acceptors (Lipinski definition) is 2. The van der Waals surface area contributed by atoms with E-state index in [1.165, 1.54) is 0 Å². The van der Waals surface area contributed by atoms with Crippen LogP contribution in [0, 0.1) is 0 Å². The highest BCUT2D eigenvalue weighted by molar-refractivity contribution is 5.79. The number of Topliss-reactive ketones (excluding diaryl/α,β-unsaturated/α-hetero) is 1. The lowest BCUT2D eigenvalue weighted by Gasteiger charge is -2.07. The van der Waals surface area contributed by atoms with Crippen LogP contribution in [0.25, 0.3) is 5.69 Å². The standard InChI is InChI=1S/C12H12N2O/c1-10(15)9-11-5-2-3-6-12(11)14-8-4-7-13-14/h2-8H,9H2,1H3. The molecule has 0 saturated carbocycles. The van der Waals surface area contributed by atoms with Gasteiger partial charge in [0.15, 0.2) is 0 Å². The maximum atomic E-state index is 11.1. The third-order valence-corrected chi connectivity index (χ3v) is 2.18. The van der Waals surface area contributed by atoms with Crippen molar-refractivity contribution in [2.75, 3.05) is 0 Å². The molecule has 15 heavy (non-hydrogen) atoms. The lowest BCUT2D eigenvalue weighted by Crippen LogP contribution is -2.03. The van der Waals surface area contributed by atoms with Crippen molar-refractivity contribution in [1.29, 1.82) is 0 Å². The van der Waals surface area contributed by atoms with Crippen molar-refractivity contribution in [1.82, 2.24) is 9.78 Å². The molecule has 1 heterocycles. The molecule has 0 atom stereocenters. The molecule has 0 aliphatic heterocycles. The predicted octanol–water partition coefficient (Wildman–Crippen LogP) is 2.00. The van der Waals surface area contributed by atoms with Crippen molar-refractivity contribution < 1.29 is 4.79 Å². The van der Waals surface area contributed by atoms with Gasteiger partial charge in [0.1, 0.15) is 5.78 Å². The van der Waals surface area contributed by atoms with Gasteiger partial charge in [0, 0.05) is 18.8 Å². The van der Waals surface area contributed by atoms with Crippen LogP contribution in [0.2, 0.25) is 0 Å². The Bertz CT molecular complexity index is 460. The van der Waals surface area contributed by atoms with Crippen LogP contribution in [0.3, 0.4) is 0 Å². The van der Waals surface area contributed by atoms with E-state index < -0.39 is 0 Å². The zero-order chi connectivity index (χ0) is 10.7. The molecule has 1 aromatic heterocycles. The number of benzene rings is 1. The number of aromatic nitrogens is 2. The lowest BCUT2D eigenvalue weighted by atomic mass is 10.1. The summed E-state index contributed by atoms with van der Waals surface area (Å²) in [6.45, 7) is 1.60. The molecule has 3 heteroatoms. The van der Waals surface area contributed by atoms with Gasteiger partial charge in [-0.15, -0.1) is 0 Å². The summed E-state index contributed by atoms with van der Waals surface area (Å²) in [4.78, 5) is 11.1. The van der Waals surface area contributed by atoms with Crippen LogP contribution in [-0.2, 0) is 11.2 Å². The first-order chi connectivity index (χ1) is 7.27. The van der Waals surface area contributed by atoms with Crippen molar-refractivity contribution in [2.45, 2.75) is 13.3 Å². The molecule has 0 unspecified atom stereocenters. The molecule has 76 valence electrons. The van der Waals surface area contributed by atoms with Crippen molar-refractivity contribution in [3.8, 4) is 5.69 Å². The van der Waals surface area contributed by atoms with E-state index in [0.29, 0.717) is 6.42 Å². The largest absolute Gasteiger partial charge is 0.300 e. The minimum Gasteiger partial charge on any atom is -0.300 e. The summed E-state index contributed by atoms with van der Waals surface area (Å²) in [6, 6.07) is 9.67. The number of hydrogen-bond donors (Lipinski definition) is 0. The summed E-state index contributed by atoms with van der Waals surface area (Å²) in [7, 11) is 0. The van der Waals surface area contributed by atoms with E-state index in [4.69, 9.17) is 0 Å². The van der Waals surface area contributed by atoms with E-state index >= 15 is 0 Å². The number of para-hydroxylation sites is 1. The van der Waals surface area contributed by atoms with E-state index in [1.54, 1.807) is 17.8 Å². The number of rotatable bonds is 3. The Morgan fingerprint density at radius 1 is 1.33 bits per heavy atom. The van der Waals surface area contributed by atoms with E-state index in [1.807, 2.05) is 36.5 Å². The van der Waals surface area contributed by atoms with Gasteiger partial charge in [0.25, 0.3) is 0 Å². The quantitative estimate of drug-likeness (QED) is 0.759. The highest BCUT2D eigenvalue weighted by atomic mass is 16.1. The zero-order valence-corrected chi connectivity index (χ0v) is 8.55. The van der Waals surface area contributed by atoms with Crippen molar-refractivity contribution in [3.63, 3.8) is 0 Å². The van der Waals surface area contributed by atoms with Gasteiger partial charge in [-0.25, -0.2) is 4.68 Å². The number of carbonyl (C=O) groups is 1. The van der Waals surface area contributed by atoms with E-state index in [9.17, 15) is 4.79 Å². The molecule has 0 aliphatic carbocycles. The van der Waals surface area contributed by atoms with Crippen LogP contribution in [0.15, 0.2) is 42.7 Å². The molecule has 0 N–H and O–H groups in total. The Hall–Kier alpha value is -1.90. The molecule has 3 nitrogen and oxygen atoms in total. The van der Waals surface area contributed by atoms with Crippen LogP contribution in [0.1, 0.15) is 12.5 Å². The van der Waals surface area contributed by atoms with Gasteiger partial charge >= 0.3 is 0 Å². The predicted molar refractivity (Wildman–Crippen MR) is 57.9 cm³/mol. The molecule has 0 aliphatic rings. The fourth-order valence-electron chi connectivity index (χ4n) is 1.56. The average Bonchev–Trinajstić information content (AvgIpc) is 2.70. The second-order valence-corrected chi connectivity index (χ2v) is 3.46. The van der Waals surface area contributed by atoms with E-state index in [0.717, 1.165) is 11.3 Å². The molecule has 0 radical (unpaired) electrons. The average molecular weight is 200 g/mol. The number of carbonyl (C=O) groups excluding carboxylic acids is 1. The first-order valence-corrected chi connectivity index (χ1v) is 4.85. The van der Waals surface area contributed by atoms with E-state index in [2.05, 4.69) is 5.10 Å². The molecular formula is C12H12N2O. The maximum Gasteiger partial charge on any atom is 0.134 e. The Labute approximate surface area is 88.4 Å². The first-order valence-electron chi connectivity index (χ1n) is 4.85. The fraction of sp³-hybridized carbons (Fsp3) is 0.167. The SMILES string of the molecule is CC(=O)Cc1ccccc1-n1cccn1. The Balaban J connectivity index is 2.42. The Kier molecular flexibility index (Phi) is 2.63. The van der Waals surface area contributed by atoms with Gasteiger partial charge in [0.05, 0.1) is 5.69 Å². The molecule has 0 saturated heterocycles. The van der Waals surface area contributed by atoms with Crippen LogP contribution in [-0.4, -0.2) is 15.6 Å². The monoisotopic (exact) mass is 200 g/mol. The summed E-state index contributed by atoms with van der Waals surface area (Å²) in [5.41, 5.74) is 1.98. The third kappa shape index (κ3) is 2.13. The van der Waals surface area contributed by atoms with E-state index in [-0.39, 0.29) is 5.78 Å².